The van der Waals surface area contributed by atoms with Crippen LogP contribution >= 0.6 is 11.8 Å². The fourth-order valence-corrected chi connectivity index (χ4v) is 3.22. The minimum atomic E-state index is -0.877. The number of nitro groups is 1. The third-order valence-corrected chi connectivity index (χ3v) is 3.97. The first-order valence-corrected chi connectivity index (χ1v) is 5.73. The van der Waals surface area contributed by atoms with Gasteiger partial charge in [0.1, 0.15) is 6.10 Å². The van der Waals surface area contributed by atoms with Crippen molar-refractivity contribution in [1.82, 2.24) is 0 Å². The van der Waals surface area contributed by atoms with Crippen molar-refractivity contribution in [3.8, 4) is 0 Å². The first kappa shape index (κ1) is 10.4. The summed E-state index contributed by atoms with van der Waals surface area (Å²) < 4.78 is 0. The van der Waals surface area contributed by atoms with Gasteiger partial charge in [0.15, 0.2) is 0 Å². The summed E-state index contributed by atoms with van der Waals surface area (Å²) in [7, 11) is 0. The van der Waals surface area contributed by atoms with Gasteiger partial charge in [0.05, 0.1) is 5.25 Å². The van der Waals surface area contributed by atoms with Crippen LogP contribution in [0.15, 0.2) is 30.3 Å². The van der Waals surface area contributed by atoms with Crippen LogP contribution < -0.4 is 0 Å². The van der Waals surface area contributed by atoms with Crippen molar-refractivity contribution in [2.24, 2.45) is 0 Å². The molecule has 1 heterocycles. The van der Waals surface area contributed by atoms with E-state index in [1.165, 1.54) is 11.8 Å². The zero-order valence-electron chi connectivity index (χ0n) is 7.95. The van der Waals surface area contributed by atoms with E-state index in [4.69, 9.17) is 0 Å². The number of hydrogen-bond acceptors (Lipinski definition) is 4. The molecule has 0 radical (unpaired) electrons. The van der Waals surface area contributed by atoms with E-state index in [1.54, 1.807) is 0 Å². The number of benzene rings is 1. The van der Waals surface area contributed by atoms with Crippen molar-refractivity contribution in [2.45, 2.75) is 17.4 Å². The summed E-state index contributed by atoms with van der Waals surface area (Å²) in [5.74, 6) is 0.436. The number of aliphatic hydroxyl groups is 1. The maximum Gasteiger partial charge on any atom is 0.255 e. The van der Waals surface area contributed by atoms with Crippen LogP contribution in [-0.2, 0) is 0 Å². The van der Waals surface area contributed by atoms with Gasteiger partial charge in [-0.05, 0) is 5.56 Å². The van der Waals surface area contributed by atoms with Gasteiger partial charge < -0.3 is 5.11 Å². The van der Waals surface area contributed by atoms with Crippen molar-refractivity contribution in [1.29, 1.82) is 0 Å². The molecular weight excluding hydrogens is 214 g/mol. The third-order valence-electron chi connectivity index (χ3n) is 2.52. The van der Waals surface area contributed by atoms with Gasteiger partial charge in [-0.25, -0.2) is 0 Å². The van der Waals surface area contributed by atoms with E-state index < -0.39 is 12.1 Å². The smallest absolute Gasteiger partial charge is 0.255 e. The summed E-state index contributed by atoms with van der Waals surface area (Å²) in [6, 6.07) is 8.45. The Morgan fingerprint density at radius 3 is 2.67 bits per heavy atom. The Hall–Kier alpha value is -1.07. The van der Waals surface area contributed by atoms with Crippen LogP contribution in [0.3, 0.4) is 0 Å². The van der Waals surface area contributed by atoms with E-state index in [9.17, 15) is 15.2 Å². The van der Waals surface area contributed by atoms with E-state index in [0.717, 1.165) is 5.56 Å². The molecule has 0 aliphatic carbocycles. The molecule has 1 aromatic rings. The van der Waals surface area contributed by atoms with Crippen molar-refractivity contribution in [3.05, 3.63) is 46.0 Å². The van der Waals surface area contributed by atoms with Crippen molar-refractivity contribution >= 4 is 11.8 Å². The maximum atomic E-state index is 10.8. The lowest BCUT2D eigenvalue weighted by Gasteiger charge is -2.13. The molecule has 1 aliphatic heterocycles. The first-order valence-electron chi connectivity index (χ1n) is 4.68. The Bertz CT molecular complexity index is 357. The van der Waals surface area contributed by atoms with Crippen molar-refractivity contribution in [2.75, 3.05) is 5.75 Å². The normalized spacial score (nSPS) is 30.3. The molecule has 0 bridgehead atoms. The largest absolute Gasteiger partial charge is 0.385 e. The van der Waals surface area contributed by atoms with Crippen LogP contribution in [0, 0.1) is 10.1 Å². The summed E-state index contributed by atoms with van der Waals surface area (Å²) in [5.41, 5.74) is 0.917. The first-order chi connectivity index (χ1) is 7.20. The molecule has 15 heavy (non-hydrogen) atoms. The minimum absolute atomic E-state index is 0.226. The summed E-state index contributed by atoms with van der Waals surface area (Å²) >= 11 is 1.45. The zero-order valence-corrected chi connectivity index (χ0v) is 8.76. The van der Waals surface area contributed by atoms with E-state index >= 15 is 0 Å². The molecule has 0 saturated carbocycles. The number of aliphatic hydroxyl groups excluding tert-OH is 1. The molecule has 1 aliphatic rings. The molecule has 0 amide bonds. The third kappa shape index (κ3) is 1.98. The van der Waals surface area contributed by atoms with Gasteiger partial charge in [-0.3, -0.25) is 10.1 Å². The fourth-order valence-electron chi connectivity index (χ4n) is 1.79. The molecule has 2 rings (SSSR count). The lowest BCUT2D eigenvalue weighted by molar-refractivity contribution is -0.531. The van der Waals surface area contributed by atoms with Gasteiger partial charge in [0, 0.05) is 10.7 Å². The molecule has 1 fully saturated rings. The highest BCUT2D eigenvalue weighted by Gasteiger charge is 2.45. The van der Waals surface area contributed by atoms with Crippen LogP contribution in [0.4, 0.5) is 0 Å². The topological polar surface area (TPSA) is 63.4 Å². The molecule has 0 aromatic heterocycles. The Labute approximate surface area is 91.5 Å². The maximum absolute atomic E-state index is 10.8. The average molecular weight is 225 g/mol. The molecule has 3 unspecified atom stereocenters. The van der Waals surface area contributed by atoms with Crippen molar-refractivity contribution in [3.63, 3.8) is 0 Å². The molecule has 5 heteroatoms. The Morgan fingerprint density at radius 1 is 1.40 bits per heavy atom. The second-order valence-electron chi connectivity index (χ2n) is 3.51. The second-order valence-corrected chi connectivity index (χ2v) is 4.68. The van der Waals surface area contributed by atoms with Gasteiger partial charge in [-0.2, -0.15) is 0 Å². The Kier molecular flexibility index (Phi) is 2.93. The Balaban J connectivity index is 2.26. The van der Waals surface area contributed by atoms with E-state index in [2.05, 4.69) is 0 Å². The van der Waals surface area contributed by atoms with Crippen LogP contribution in [0.1, 0.15) is 10.8 Å². The summed E-state index contributed by atoms with van der Waals surface area (Å²) in [6.45, 7) is 0. The molecule has 1 saturated heterocycles. The van der Waals surface area contributed by atoms with Gasteiger partial charge in [0.2, 0.25) is 0 Å². The zero-order chi connectivity index (χ0) is 10.8. The molecule has 3 atom stereocenters. The highest BCUT2D eigenvalue weighted by atomic mass is 32.2. The van der Waals surface area contributed by atoms with Crippen LogP contribution in [-0.4, -0.2) is 27.9 Å². The lowest BCUT2D eigenvalue weighted by Crippen LogP contribution is -2.33. The standard InChI is InChI=1S/C10H11NO3S/c12-8-6-15-10(9(8)11(13)14)7-4-2-1-3-5-7/h1-5,8-10,12H,6H2. The summed E-state index contributed by atoms with van der Waals surface area (Å²) in [4.78, 5) is 10.5. The lowest BCUT2D eigenvalue weighted by atomic mass is 10.0. The molecule has 4 nitrogen and oxygen atoms in total. The number of hydrogen-bond donors (Lipinski definition) is 1. The van der Waals surface area contributed by atoms with Gasteiger partial charge in [-0.1, -0.05) is 30.3 Å². The number of rotatable bonds is 2. The molecular formula is C10H11NO3S. The monoisotopic (exact) mass is 225 g/mol. The molecule has 0 spiro atoms. The summed E-state index contributed by atoms with van der Waals surface area (Å²) in [5, 5.41) is 20.1. The van der Waals surface area contributed by atoms with E-state index in [0.29, 0.717) is 5.75 Å². The van der Waals surface area contributed by atoms with Crippen LogP contribution in [0.5, 0.6) is 0 Å². The minimum Gasteiger partial charge on any atom is -0.385 e. The van der Waals surface area contributed by atoms with E-state index in [-0.39, 0.29) is 10.2 Å². The molecule has 80 valence electrons. The molecule has 1 N–H and O–H groups in total. The predicted octanol–water partition coefficient (Wildman–Crippen LogP) is 1.48. The predicted molar refractivity (Wildman–Crippen MR) is 58.4 cm³/mol. The van der Waals surface area contributed by atoms with Crippen molar-refractivity contribution < 1.29 is 10.0 Å². The van der Waals surface area contributed by atoms with Gasteiger partial charge >= 0.3 is 0 Å². The number of nitrogens with zero attached hydrogens (tertiary/aromatic N) is 1. The SMILES string of the molecule is O=[N+]([O-])C1C(O)CSC1c1ccccc1. The molecule has 1 aromatic carbocycles. The quantitative estimate of drug-likeness (QED) is 0.611. The second kappa shape index (κ2) is 4.20. The highest BCUT2D eigenvalue weighted by molar-refractivity contribution is 7.99. The number of thioether (sulfide) groups is 1. The summed E-state index contributed by atoms with van der Waals surface area (Å²) in [6.07, 6.45) is -0.838. The van der Waals surface area contributed by atoms with Gasteiger partial charge in [0.25, 0.3) is 6.04 Å². The Morgan fingerprint density at radius 2 is 2.07 bits per heavy atom. The average Bonchev–Trinajstić information content (AvgIpc) is 2.61. The van der Waals surface area contributed by atoms with Crippen LogP contribution in [0.2, 0.25) is 0 Å². The fraction of sp³-hybridized carbons (Fsp3) is 0.400. The van der Waals surface area contributed by atoms with Crippen LogP contribution in [0.25, 0.3) is 0 Å². The van der Waals surface area contributed by atoms with E-state index in [1.807, 2.05) is 30.3 Å². The van der Waals surface area contributed by atoms with Gasteiger partial charge in [-0.15, -0.1) is 11.8 Å². The highest BCUT2D eigenvalue weighted by Crippen LogP contribution is 2.41.